The van der Waals surface area contributed by atoms with Crippen molar-refractivity contribution in [2.75, 3.05) is 6.26 Å². The molecule has 0 saturated heterocycles. The highest BCUT2D eigenvalue weighted by atomic mass is 32.2. The Bertz CT molecular complexity index is 551. The van der Waals surface area contributed by atoms with Crippen molar-refractivity contribution in [2.24, 2.45) is 5.73 Å². The fraction of sp³-hybridized carbons (Fsp3) is 0.294. The summed E-state index contributed by atoms with van der Waals surface area (Å²) in [6.07, 6.45) is 1.93. The third-order valence-corrected chi connectivity index (χ3v) is 3.91. The Kier molecular flexibility index (Phi) is 5.10. The van der Waals surface area contributed by atoms with Crippen LogP contribution >= 0.6 is 11.8 Å². The van der Waals surface area contributed by atoms with Gasteiger partial charge in [0.2, 0.25) is 0 Å². The second-order valence-corrected chi connectivity index (χ2v) is 5.87. The van der Waals surface area contributed by atoms with Crippen LogP contribution in [0.25, 0.3) is 0 Å². The van der Waals surface area contributed by atoms with Gasteiger partial charge in [-0.3, -0.25) is 0 Å². The number of benzene rings is 2. The summed E-state index contributed by atoms with van der Waals surface area (Å²) in [5.41, 5.74) is 8.43. The van der Waals surface area contributed by atoms with Gasteiger partial charge in [0.15, 0.2) is 0 Å². The molecule has 0 bridgehead atoms. The van der Waals surface area contributed by atoms with Gasteiger partial charge in [0, 0.05) is 10.9 Å². The minimum atomic E-state index is -0.130. The summed E-state index contributed by atoms with van der Waals surface area (Å²) >= 11 is 1.72. The van der Waals surface area contributed by atoms with Crippen molar-refractivity contribution in [3.8, 4) is 5.75 Å². The van der Waals surface area contributed by atoms with Crippen LogP contribution in [0.1, 0.15) is 24.2 Å². The van der Waals surface area contributed by atoms with E-state index in [9.17, 15) is 0 Å². The zero-order chi connectivity index (χ0) is 14.5. The lowest BCUT2D eigenvalue weighted by molar-refractivity contribution is 0.180. The van der Waals surface area contributed by atoms with E-state index in [0.717, 1.165) is 11.3 Å². The maximum absolute atomic E-state index is 6.09. The van der Waals surface area contributed by atoms with Crippen LogP contribution in [0, 0.1) is 6.92 Å². The van der Waals surface area contributed by atoms with E-state index in [2.05, 4.69) is 43.5 Å². The highest BCUT2D eigenvalue weighted by molar-refractivity contribution is 7.98. The van der Waals surface area contributed by atoms with Gasteiger partial charge in [-0.2, -0.15) is 0 Å². The van der Waals surface area contributed by atoms with E-state index < -0.39 is 0 Å². The van der Waals surface area contributed by atoms with Gasteiger partial charge in [0.05, 0.1) is 0 Å². The van der Waals surface area contributed by atoms with Crippen LogP contribution in [0.4, 0.5) is 0 Å². The molecule has 2 aromatic rings. The van der Waals surface area contributed by atoms with Gasteiger partial charge < -0.3 is 10.5 Å². The van der Waals surface area contributed by atoms with Crippen molar-refractivity contribution in [1.82, 2.24) is 0 Å². The van der Waals surface area contributed by atoms with Crippen molar-refractivity contribution < 1.29 is 4.74 Å². The fourth-order valence-electron chi connectivity index (χ4n) is 2.13. The van der Waals surface area contributed by atoms with Gasteiger partial charge in [-0.25, -0.2) is 0 Å². The molecule has 0 radical (unpaired) electrons. The van der Waals surface area contributed by atoms with E-state index in [1.54, 1.807) is 11.8 Å². The molecule has 2 atom stereocenters. The van der Waals surface area contributed by atoms with Crippen LogP contribution in [-0.2, 0) is 0 Å². The normalized spacial score (nSPS) is 13.8. The van der Waals surface area contributed by atoms with Crippen molar-refractivity contribution in [3.05, 3.63) is 59.7 Å². The van der Waals surface area contributed by atoms with Crippen molar-refractivity contribution in [1.29, 1.82) is 0 Å². The highest BCUT2D eigenvalue weighted by Gasteiger charge is 2.18. The van der Waals surface area contributed by atoms with E-state index in [-0.39, 0.29) is 12.1 Å². The molecule has 20 heavy (non-hydrogen) atoms. The minimum absolute atomic E-state index is 0.0722. The van der Waals surface area contributed by atoms with Crippen molar-refractivity contribution >= 4 is 11.8 Å². The molecule has 2 N–H and O–H groups in total. The Morgan fingerprint density at radius 2 is 1.80 bits per heavy atom. The van der Waals surface area contributed by atoms with E-state index in [1.807, 2.05) is 25.1 Å². The molecule has 0 spiro atoms. The Hall–Kier alpha value is -1.45. The van der Waals surface area contributed by atoms with Crippen molar-refractivity contribution in [3.63, 3.8) is 0 Å². The molecule has 2 aromatic carbocycles. The van der Waals surface area contributed by atoms with Crippen LogP contribution in [0.5, 0.6) is 5.75 Å². The summed E-state index contributed by atoms with van der Waals surface area (Å²) in [5, 5.41) is 0. The first-order chi connectivity index (χ1) is 9.60. The van der Waals surface area contributed by atoms with E-state index in [1.165, 1.54) is 10.5 Å². The Morgan fingerprint density at radius 1 is 1.10 bits per heavy atom. The second-order valence-electron chi connectivity index (χ2n) is 4.99. The van der Waals surface area contributed by atoms with Crippen LogP contribution in [-0.4, -0.2) is 12.3 Å². The third-order valence-electron chi connectivity index (χ3n) is 3.17. The molecular formula is C17H21NOS. The number of aryl methyl sites for hydroxylation is 1. The summed E-state index contributed by atoms with van der Waals surface area (Å²) in [7, 11) is 0. The Morgan fingerprint density at radius 3 is 2.35 bits per heavy atom. The Labute approximate surface area is 125 Å². The zero-order valence-electron chi connectivity index (χ0n) is 12.2. The predicted octanol–water partition coefficient (Wildman–Crippen LogP) is 4.18. The fourth-order valence-corrected chi connectivity index (χ4v) is 2.54. The molecule has 0 aliphatic carbocycles. The number of nitrogens with two attached hydrogens (primary N) is 1. The van der Waals surface area contributed by atoms with Gasteiger partial charge in [0.1, 0.15) is 11.9 Å². The summed E-state index contributed by atoms with van der Waals surface area (Å²) < 4.78 is 6.08. The zero-order valence-corrected chi connectivity index (χ0v) is 13.0. The van der Waals surface area contributed by atoms with Gasteiger partial charge in [-0.1, -0.05) is 29.8 Å². The summed E-state index contributed by atoms with van der Waals surface area (Å²) in [6.45, 7) is 4.05. The standard InChI is InChI=1S/C17H21NOS/c1-12-5-4-6-14(11-12)17(13(2)18)19-15-7-9-16(20-3)10-8-15/h4-11,13,17H,18H2,1-3H3. The van der Waals surface area contributed by atoms with Gasteiger partial charge in [0.25, 0.3) is 0 Å². The molecule has 0 aromatic heterocycles. The smallest absolute Gasteiger partial charge is 0.138 e. The molecule has 0 aliphatic rings. The first kappa shape index (κ1) is 14.9. The molecule has 106 valence electrons. The van der Waals surface area contributed by atoms with Crippen LogP contribution in [0.2, 0.25) is 0 Å². The van der Waals surface area contributed by atoms with Crippen molar-refractivity contribution in [2.45, 2.75) is 30.9 Å². The van der Waals surface area contributed by atoms with Gasteiger partial charge >= 0.3 is 0 Å². The van der Waals surface area contributed by atoms with Crippen LogP contribution in [0.3, 0.4) is 0 Å². The summed E-state index contributed by atoms with van der Waals surface area (Å²) in [5.74, 6) is 0.853. The topological polar surface area (TPSA) is 35.2 Å². The number of rotatable bonds is 5. The molecule has 0 saturated carbocycles. The van der Waals surface area contributed by atoms with E-state index in [4.69, 9.17) is 10.5 Å². The third kappa shape index (κ3) is 3.78. The molecule has 2 rings (SSSR count). The number of ether oxygens (including phenoxy) is 1. The molecule has 0 amide bonds. The molecule has 2 nitrogen and oxygen atoms in total. The highest BCUT2D eigenvalue weighted by Crippen LogP contribution is 2.26. The predicted molar refractivity (Wildman–Crippen MR) is 86.4 cm³/mol. The van der Waals surface area contributed by atoms with E-state index >= 15 is 0 Å². The number of hydrogen-bond donors (Lipinski definition) is 1. The molecule has 2 unspecified atom stereocenters. The first-order valence-electron chi connectivity index (χ1n) is 6.73. The lowest BCUT2D eigenvalue weighted by Crippen LogP contribution is -2.29. The van der Waals surface area contributed by atoms with Gasteiger partial charge in [-0.15, -0.1) is 11.8 Å². The summed E-state index contributed by atoms with van der Waals surface area (Å²) in [4.78, 5) is 1.23. The molecule has 0 aliphatic heterocycles. The molecular weight excluding hydrogens is 266 g/mol. The number of hydrogen-bond acceptors (Lipinski definition) is 3. The maximum Gasteiger partial charge on any atom is 0.138 e. The molecule has 0 fully saturated rings. The summed E-state index contributed by atoms with van der Waals surface area (Å²) in [6, 6.07) is 16.4. The lowest BCUT2D eigenvalue weighted by atomic mass is 10.0. The SMILES string of the molecule is CSc1ccc(OC(c2cccc(C)c2)C(C)N)cc1. The van der Waals surface area contributed by atoms with Crippen LogP contribution in [0.15, 0.2) is 53.4 Å². The van der Waals surface area contributed by atoms with Gasteiger partial charge in [-0.05, 0) is 49.9 Å². The number of thioether (sulfide) groups is 1. The first-order valence-corrected chi connectivity index (χ1v) is 7.95. The monoisotopic (exact) mass is 287 g/mol. The molecule has 3 heteroatoms. The maximum atomic E-state index is 6.09. The largest absolute Gasteiger partial charge is 0.484 e. The van der Waals surface area contributed by atoms with E-state index in [0.29, 0.717) is 0 Å². The minimum Gasteiger partial charge on any atom is -0.484 e. The second kappa shape index (κ2) is 6.82. The quantitative estimate of drug-likeness (QED) is 0.838. The van der Waals surface area contributed by atoms with Crippen LogP contribution < -0.4 is 10.5 Å². The Balaban J connectivity index is 2.21. The molecule has 0 heterocycles. The average Bonchev–Trinajstić information content (AvgIpc) is 2.45. The lowest BCUT2D eigenvalue weighted by Gasteiger charge is -2.23. The average molecular weight is 287 g/mol.